The van der Waals surface area contributed by atoms with Gasteiger partial charge in [0.15, 0.2) is 0 Å². The Kier molecular flexibility index (Phi) is 30.9. The van der Waals surface area contributed by atoms with Crippen LogP contribution in [-0.2, 0) is 0 Å². The second kappa shape index (κ2) is 30.4. The van der Waals surface area contributed by atoms with Crippen molar-refractivity contribution >= 4 is 8.58 Å². The maximum absolute atomic E-state index is 2.31. The Morgan fingerprint density at radius 1 is 0.258 bits per heavy atom. The molecular formula is C30H63P. The average Bonchev–Trinajstić information content (AvgIpc) is 2.78. The molecule has 0 amide bonds. The molecule has 0 unspecified atom stereocenters. The van der Waals surface area contributed by atoms with E-state index in [-0.39, 0.29) is 0 Å². The fourth-order valence-electron chi connectivity index (χ4n) is 4.66. The summed E-state index contributed by atoms with van der Waals surface area (Å²) in [7, 11) is 1.26. The lowest BCUT2D eigenvalue weighted by atomic mass is 10.0. The topological polar surface area (TPSA) is 0 Å². The Bertz CT molecular complexity index is 260. The zero-order valence-electron chi connectivity index (χ0n) is 22.3. The fourth-order valence-corrected chi connectivity index (χ4v) is 5.91. The van der Waals surface area contributed by atoms with E-state index in [4.69, 9.17) is 0 Å². The maximum Gasteiger partial charge on any atom is -0.0353 e. The third-order valence-corrected chi connectivity index (χ3v) is 8.33. The van der Waals surface area contributed by atoms with E-state index in [1.54, 1.807) is 0 Å². The molecule has 0 heterocycles. The van der Waals surface area contributed by atoms with Crippen LogP contribution >= 0.6 is 8.58 Å². The summed E-state index contributed by atoms with van der Waals surface area (Å²) in [6.45, 7) is 4.61. The van der Waals surface area contributed by atoms with Gasteiger partial charge in [0, 0.05) is 0 Å². The molecule has 0 aromatic carbocycles. The van der Waals surface area contributed by atoms with Gasteiger partial charge in [0.25, 0.3) is 0 Å². The summed E-state index contributed by atoms with van der Waals surface area (Å²) in [5.74, 6) is 0. The Balaban J connectivity index is 2.98. The zero-order valence-corrected chi connectivity index (χ0v) is 23.3. The average molecular weight is 455 g/mol. The molecular weight excluding hydrogens is 391 g/mol. The van der Waals surface area contributed by atoms with Gasteiger partial charge in [-0.2, -0.15) is 0 Å². The third kappa shape index (κ3) is 30.4. The summed E-state index contributed by atoms with van der Waals surface area (Å²) in [6.07, 6.45) is 41.5. The first kappa shape index (κ1) is 31.4. The highest BCUT2D eigenvalue weighted by atomic mass is 31.1. The van der Waals surface area contributed by atoms with Crippen LogP contribution in [0, 0.1) is 0 Å². The number of unbranched alkanes of at least 4 members (excludes halogenated alkanes) is 24. The molecule has 1 heteroatoms. The van der Waals surface area contributed by atoms with Crippen LogP contribution < -0.4 is 0 Å². The highest BCUT2D eigenvalue weighted by Crippen LogP contribution is 2.19. The summed E-state index contributed by atoms with van der Waals surface area (Å²) < 4.78 is 0. The molecule has 0 aliphatic rings. The molecule has 0 spiro atoms. The molecule has 0 atom stereocenters. The normalized spacial score (nSPS) is 11.4. The minimum Gasteiger partial charge on any atom is -0.122 e. The lowest BCUT2D eigenvalue weighted by molar-refractivity contribution is 0.542. The van der Waals surface area contributed by atoms with Crippen molar-refractivity contribution in [3.05, 3.63) is 0 Å². The van der Waals surface area contributed by atoms with E-state index in [0.717, 1.165) is 0 Å². The largest absolute Gasteiger partial charge is 0.122 e. The quantitative estimate of drug-likeness (QED) is 0.0814. The Morgan fingerprint density at radius 2 is 0.452 bits per heavy atom. The second-order valence-corrected chi connectivity index (χ2v) is 11.7. The molecule has 188 valence electrons. The van der Waals surface area contributed by atoms with Crippen LogP contribution in [0.3, 0.4) is 0 Å². The first-order chi connectivity index (χ1) is 15.4. The molecule has 0 fully saturated rings. The summed E-state index contributed by atoms with van der Waals surface area (Å²) in [4.78, 5) is 0. The van der Waals surface area contributed by atoms with E-state index in [9.17, 15) is 0 Å². The molecule has 0 radical (unpaired) electrons. The molecule has 0 aliphatic carbocycles. The highest BCUT2D eigenvalue weighted by molar-refractivity contribution is 7.37. The summed E-state index contributed by atoms with van der Waals surface area (Å²) in [5, 5.41) is 0. The summed E-state index contributed by atoms with van der Waals surface area (Å²) >= 11 is 0. The lowest BCUT2D eigenvalue weighted by Crippen LogP contribution is -1.86. The van der Waals surface area contributed by atoms with E-state index in [0.29, 0.717) is 0 Å². The van der Waals surface area contributed by atoms with Gasteiger partial charge in [-0.1, -0.05) is 168 Å². The van der Waals surface area contributed by atoms with Gasteiger partial charge in [-0.05, 0) is 25.2 Å². The van der Waals surface area contributed by atoms with Gasteiger partial charge >= 0.3 is 0 Å². The van der Waals surface area contributed by atoms with Crippen LogP contribution in [0.5, 0.6) is 0 Å². The van der Waals surface area contributed by atoms with Crippen molar-refractivity contribution in [2.75, 3.05) is 12.3 Å². The smallest absolute Gasteiger partial charge is 0.0353 e. The zero-order chi connectivity index (χ0) is 22.5. The highest BCUT2D eigenvalue weighted by Gasteiger charge is 1.96. The Labute approximate surface area is 201 Å². The number of hydrogen-bond acceptors (Lipinski definition) is 0. The summed E-state index contributed by atoms with van der Waals surface area (Å²) in [6, 6.07) is 0. The predicted octanol–water partition coefficient (Wildman–Crippen LogP) is 11.8. The monoisotopic (exact) mass is 454 g/mol. The predicted molar refractivity (Wildman–Crippen MR) is 149 cm³/mol. The first-order valence-corrected chi connectivity index (χ1v) is 16.5. The fraction of sp³-hybridized carbons (Fsp3) is 1.00. The van der Waals surface area contributed by atoms with Crippen LogP contribution in [0.25, 0.3) is 0 Å². The van der Waals surface area contributed by atoms with Crippen molar-refractivity contribution in [2.45, 2.75) is 181 Å². The number of rotatable bonds is 28. The molecule has 0 aliphatic heterocycles. The van der Waals surface area contributed by atoms with Crippen molar-refractivity contribution in [1.82, 2.24) is 0 Å². The molecule has 0 aromatic heterocycles. The van der Waals surface area contributed by atoms with E-state index >= 15 is 0 Å². The maximum atomic E-state index is 2.31. The molecule has 0 nitrogen and oxygen atoms in total. The lowest BCUT2D eigenvalue weighted by Gasteiger charge is -2.04. The van der Waals surface area contributed by atoms with E-state index in [1.807, 2.05) is 0 Å². The van der Waals surface area contributed by atoms with Gasteiger partial charge in [0.05, 0.1) is 0 Å². The van der Waals surface area contributed by atoms with Gasteiger partial charge in [-0.15, -0.1) is 8.58 Å². The summed E-state index contributed by atoms with van der Waals surface area (Å²) in [5.41, 5.74) is 0. The van der Waals surface area contributed by atoms with E-state index in [1.165, 1.54) is 188 Å². The van der Waals surface area contributed by atoms with Crippen LogP contribution in [-0.4, -0.2) is 12.3 Å². The standard InChI is InChI=1S/C30H63P/c1-3-5-7-9-11-13-15-17-19-21-23-25-27-29-31-30-28-26-24-22-20-18-16-14-12-10-8-6-4-2/h31H,3-30H2,1-2H3. The minimum absolute atomic E-state index is 1.26. The van der Waals surface area contributed by atoms with Gasteiger partial charge in [-0.3, -0.25) is 0 Å². The Hall–Kier alpha value is 0.430. The van der Waals surface area contributed by atoms with Crippen molar-refractivity contribution < 1.29 is 0 Å². The van der Waals surface area contributed by atoms with Crippen LogP contribution in [0.15, 0.2) is 0 Å². The van der Waals surface area contributed by atoms with Crippen LogP contribution in [0.4, 0.5) is 0 Å². The number of hydrogen-bond donors (Lipinski definition) is 0. The molecule has 0 saturated carbocycles. The molecule has 0 bridgehead atoms. The van der Waals surface area contributed by atoms with Crippen molar-refractivity contribution in [1.29, 1.82) is 0 Å². The van der Waals surface area contributed by atoms with Gasteiger partial charge in [0.2, 0.25) is 0 Å². The first-order valence-electron chi connectivity index (χ1n) is 15.1. The SMILES string of the molecule is CCCCCCCCCCCCCCCPCCCCCCCCCCCCCCC. The second-order valence-electron chi connectivity index (χ2n) is 10.2. The molecule has 0 rings (SSSR count). The van der Waals surface area contributed by atoms with Gasteiger partial charge in [0.1, 0.15) is 0 Å². The third-order valence-electron chi connectivity index (χ3n) is 6.91. The Morgan fingerprint density at radius 3 is 0.677 bits per heavy atom. The van der Waals surface area contributed by atoms with Crippen LogP contribution in [0.1, 0.15) is 181 Å². The van der Waals surface area contributed by atoms with E-state index < -0.39 is 0 Å². The van der Waals surface area contributed by atoms with Crippen molar-refractivity contribution in [3.8, 4) is 0 Å². The van der Waals surface area contributed by atoms with Gasteiger partial charge in [-0.25, -0.2) is 0 Å². The van der Waals surface area contributed by atoms with Crippen molar-refractivity contribution in [2.24, 2.45) is 0 Å². The van der Waals surface area contributed by atoms with Crippen molar-refractivity contribution in [3.63, 3.8) is 0 Å². The molecule has 0 aromatic rings. The molecule has 0 N–H and O–H groups in total. The molecule has 0 saturated heterocycles. The molecule has 31 heavy (non-hydrogen) atoms. The van der Waals surface area contributed by atoms with Gasteiger partial charge < -0.3 is 0 Å². The minimum atomic E-state index is 1.26. The van der Waals surface area contributed by atoms with Crippen LogP contribution in [0.2, 0.25) is 0 Å². The van der Waals surface area contributed by atoms with E-state index in [2.05, 4.69) is 13.8 Å².